The standard InChI is InChI=1S/C20H18ClF2NO2/c1-11(5-8-18(25)12-6-7-16(22)15(21)9-12)14-10-24-20(26)19-13(14)3-2-4-17(19)23/h2-4,6-7,9-11,18,25H,5,8H2,1H3,(H,24,26). The second-order valence-corrected chi connectivity index (χ2v) is 6.81. The van der Waals surface area contributed by atoms with Gasteiger partial charge in [-0.1, -0.05) is 36.7 Å². The number of rotatable bonds is 5. The van der Waals surface area contributed by atoms with Crippen molar-refractivity contribution in [2.45, 2.75) is 31.8 Å². The van der Waals surface area contributed by atoms with Crippen molar-refractivity contribution in [1.29, 1.82) is 0 Å². The summed E-state index contributed by atoms with van der Waals surface area (Å²) in [6.45, 7) is 1.95. The number of aromatic amines is 1. The van der Waals surface area contributed by atoms with Crippen LogP contribution in [-0.4, -0.2) is 10.1 Å². The van der Waals surface area contributed by atoms with Crippen LogP contribution < -0.4 is 5.56 Å². The smallest absolute Gasteiger partial charge is 0.258 e. The molecule has 2 N–H and O–H groups in total. The van der Waals surface area contributed by atoms with Gasteiger partial charge in [0.1, 0.15) is 11.6 Å². The van der Waals surface area contributed by atoms with Gasteiger partial charge in [-0.25, -0.2) is 8.78 Å². The van der Waals surface area contributed by atoms with Gasteiger partial charge in [0, 0.05) is 6.20 Å². The van der Waals surface area contributed by atoms with Crippen LogP contribution in [0, 0.1) is 11.6 Å². The van der Waals surface area contributed by atoms with E-state index in [0.29, 0.717) is 23.8 Å². The number of aromatic nitrogens is 1. The van der Waals surface area contributed by atoms with Gasteiger partial charge in [0.05, 0.1) is 16.5 Å². The first-order valence-corrected chi connectivity index (χ1v) is 8.69. The maximum Gasteiger partial charge on any atom is 0.258 e. The van der Waals surface area contributed by atoms with Gasteiger partial charge in [-0.15, -0.1) is 0 Å². The molecule has 0 fully saturated rings. The number of nitrogens with one attached hydrogen (secondary N) is 1. The van der Waals surface area contributed by atoms with E-state index in [1.54, 1.807) is 18.3 Å². The summed E-state index contributed by atoms with van der Waals surface area (Å²) in [6.07, 6.45) is 1.81. The van der Waals surface area contributed by atoms with Crippen LogP contribution >= 0.6 is 11.6 Å². The molecule has 3 nitrogen and oxygen atoms in total. The molecule has 2 atom stereocenters. The van der Waals surface area contributed by atoms with Gasteiger partial charge in [0.15, 0.2) is 0 Å². The highest BCUT2D eigenvalue weighted by molar-refractivity contribution is 6.30. The lowest BCUT2D eigenvalue weighted by molar-refractivity contribution is 0.162. The Hall–Kier alpha value is -2.24. The molecule has 136 valence electrons. The molecule has 0 aliphatic rings. The first-order chi connectivity index (χ1) is 12.4. The van der Waals surface area contributed by atoms with Crippen molar-refractivity contribution < 1.29 is 13.9 Å². The molecular formula is C20H18ClF2NO2. The number of halogens is 3. The van der Waals surface area contributed by atoms with Crippen LogP contribution in [0.5, 0.6) is 0 Å². The Balaban J connectivity index is 1.80. The maximum atomic E-state index is 14.0. The SMILES string of the molecule is CC(CCC(O)c1ccc(F)c(Cl)c1)c1c[nH]c(=O)c2c(F)cccc12. The summed E-state index contributed by atoms with van der Waals surface area (Å²) < 4.78 is 27.2. The lowest BCUT2D eigenvalue weighted by atomic mass is 9.91. The maximum absolute atomic E-state index is 14.0. The van der Waals surface area contributed by atoms with E-state index in [4.69, 9.17) is 11.6 Å². The predicted molar refractivity (Wildman–Crippen MR) is 98.5 cm³/mol. The van der Waals surface area contributed by atoms with E-state index in [9.17, 15) is 18.7 Å². The second kappa shape index (κ2) is 7.56. The van der Waals surface area contributed by atoms with Gasteiger partial charge in [-0.05, 0) is 53.5 Å². The summed E-state index contributed by atoms with van der Waals surface area (Å²) in [5.41, 5.74) is 0.888. The molecule has 0 aliphatic carbocycles. The summed E-state index contributed by atoms with van der Waals surface area (Å²) in [4.78, 5) is 14.5. The third kappa shape index (κ3) is 3.64. The van der Waals surface area contributed by atoms with Crippen LogP contribution in [-0.2, 0) is 0 Å². The molecule has 0 amide bonds. The molecule has 0 aliphatic heterocycles. The number of benzene rings is 2. The molecule has 2 aromatic carbocycles. The van der Waals surface area contributed by atoms with Crippen molar-refractivity contribution in [3.63, 3.8) is 0 Å². The summed E-state index contributed by atoms with van der Waals surface area (Å²) in [5, 5.41) is 10.9. The predicted octanol–water partition coefficient (Wildman–Crippen LogP) is 5.08. The Bertz CT molecular complexity index is 1000. The lowest BCUT2D eigenvalue weighted by Crippen LogP contribution is -2.11. The average molecular weight is 378 g/mol. The van der Waals surface area contributed by atoms with Crippen LogP contribution in [0.25, 0.3) is 10.8 Å². The molecule has 0 bridgehead atoms. The van der Waals surface area contributed by atoms with Crippen molar-refractivity contribution in [3.8, 4) is 0 Å². The van der Waals surface area contributed by atoms with Crippen LogP contribution in [0.15, 0.2) is 47.4 Å². The molecule has 0 spiro atoms. The van der Waals surface area contributed by atoms with Crippen molar-refractivity contribution in [2.24, 2.45) is 0 Å². The molecule has 0 saturated carbocycles. The summed E-state index contributed by atoms with van der Waals surface area (Å²) in [6, 6.07) is 8.69. The quantitative estimate of drug-likeness (QED) is 0.651. The fourth-order valence-corrected chi connectivity index (χ4v) is 3.34. The molecular weight excluding hydrogens is 360 g/mol. The highest BCUT2D eigenvalue weighted by Crippen LogP contribution is 2.31. The third-order valence-electron chi connectivity index (χ3n) is 4.64. The number of H-pyrrole nitrogens is 1. The monoisotopic (exact) mass is 377 g/mol. The van der Waals surface area contributed by atoms with Crippen LogP contribution in [0.2, 0.25) is 5.02 Å². The molecule has 6 heteroatoms. The summed E-state index contributed by atoms with van der Waals surface area (Å²) >= 11 is 5.76. The van der Waals surface area contributed by atoms with Gasteiger partial charge in [0.2, 0.25) is 0 Å². The van der Waals surface area contributed by atoms with E-state index in [-0.39, 0.29) is 16.3 Å². The molecule has 1 aromatic heterocycles. The molecule has 0 radical (unpaired) electrons. The van der Waals surface area contributed by atoms with E-state index in [2.05, 4.69) is 4.98 Å². The summed E-state index contributed by atoms with van der Waals surface area (Å²) in [7, 11) is 0. The van der Waals surface area contributed by atoms with Gasteiger partial charge < -0.3 is 10.1 Å². The van der Waals surface area contributed by atoms with Gasteiger partial charge >= 0.3 is 0 Å². The fraction of sp³-hybridized carbons (Fsp3) is 0.250. The highest BCUT2D eigenvalue weighted by Gasteiger charge is 2.17. The minimum Gasteiger partial charge on any atom is -0.388 e. The Morgan fingerprint density at radius 3 is 2.65 bits per heavy atom. The van der Waals surface area contributed by atoms with Crippen molar-refractivity contribution in [1.82, 2.24) is 4.98 Å². The number of fused-ring (bicyclic) bond motifs is 1. The first kappa shape index (κ1) is 18.5. The van der Waals surface area contributed by atoms with Crippen molar-refractivity contribution >= 4 is 22.4 Å². The molecule has 1 heterocycles. The zero-order chi connectivity index (χ0) is 18.8. The number of aliphatic hydroxyl groups excluding tert-OH is 1. The fourth-order valence-electron chi connectivity index (χ4n) is 3.15. The van der Waals surface area contributed by atoms with Crippen molar-refractivity contribution in [2.75, 3.05) is 0 Å². The Morgan fingerprint density at radius 1 is 1.15 bits per heavy atom. The topological polar surface area (TPSA) is 53.1 Å². The van der Waals surface area contributed by atoms with Gasteiger partial charge in [-0.3, -0.25) is 4.79 Å². The average Bonchev–Trinajstić information content (AvgIpc) is 2.62. The van der Waals surface area contributed by atoms with E-state index in [1.165, 1.54) is 24.3 Å². The Labute approximate surface area is 154 Å². The second-order valence-electron chi connectivity index (χ2n) is 6.40. The third-order valence-corrected chi connectivity index (χ3v) is 4.93. The van der Waals surface area contributed by atoms with Gasteiger partial charge in [-0.2, -0.15) is 0 Å². The van der Waals surface area contributed by atoms with Crippen LogP contribution in [0.1, 0.15) is 42.9 Å². The van der Waals surface area contributed by atoms with Crippen LogP contribution in [0.3, 0.4) is 0 Å². The number of hydrogen-bond acceptors (Lipinski definition) is 2. The largest absolute Gasteiger partial charge is 0.388 e. The normalized spacial score (nSPS) is 13.7. The number of hydrogen-bond donors (Lipinski definition) is 2. The van der Waals surface area contributed by atoms with Crippen LogP contribution in [0.4, 0.5) is 8.78 Å². The Kier molecular flexibility index (Phi) is 5.39. The van der Waals surface area contributed by atoms with Crippen molar-refractivity contribution in [3.05, 3.63) is 80.7 Å². The summed E-state index contributed by atoms with van der Waals surface area (Å²) in [5.74, 6) is -1.11. The minimum atomic E-state index is -0.790. The van der Waals surface area contributed by atoms with E-state index in [1.807, 2.05) is 6.92 Å². The zero-order valence-electron chi connectivity index (χ0n) is 14.1. The number of aliphatic hydroxyl groups is 1. The van der Waals surface area contributed by atoms with E-state index >= 15 is 0 Å². The Morgan fingerprint density at radius 2 is 1.92 bits per heavy atom. The molecule has 0 saturated heterocycles. The lowest BCUT2D eigenvalue weighted by Gasteiger charge is -2.17. The number of pyridine rings is 1. The zero-order valence-corrected chi connectivity index (χ0v) is 14.9. The molecule has 3 rings (SSSR count). The molecule has 2 unspecified atom stereocenters. The molecule has 26 heavy (non-hydrogen) atoms. The first-order valence-electron chi connectivity index (χ1n) is 8.31. The minimum absolute atomic E-state index is 0.0262. The highest BCUT2D eigenvalue weighted by atomic mass is 35.5. The van der Waals surface area contributed by atoms with E-state index < -0.39 is 23.3 Å². The van der Waals surface area contributed by atoms with Gasteiger partial charge in [0.25, 0.3) is 5.56 Å². The van der Waals surface area contributed by atoms with E-state index in [0.717, 1.165) is 5.56 Å². The molecule has 3 aromatic rings.